The second-order valence-electron chi connectivity index (χ2n) is 6.05. The Morgan fingerprint density at radius 3 is 2.17 bits per heavy atom. The molecule has 1 saturated carbocycles. The summed E-state index contributed by atoms with van der Waals surface area (Å²) < 4.78 is 0.880. The first kappa shape index (κ1) is 16.7. The van der Waals surface area contributed by atoms with Crippen LogP contribution in [0.2, 0.25) is 0 Å². The molecule has 5 heteroatoms. The van der Waals surface area contributed by atoms with Gasteiger partial charge in [0, 0.05) is 15.8 Å². The number of nitrogens with one attached hydrogen (secondary N) is 2. The minimum atomic E-state index is -0.953. The summed E-state index contributed by atoms with van der Waals surface area (Å²) >= 11 is 3.37. The van der Waals surface area contributed by atoms with E-state index in [0.717, 1.165) is 16.6 Å². The summed E-state index contributed by atoms with van der Waals surface area (Å²) in [6.45, 7) is 2.08. The van der Waals surface area contributed by atoms with Crippen molar-refractivity contribution in [2.24, 2.45) is 5.41 Å². The highest BCUT2D eigenvalue weighted by Gasteiger charge is 2.56. The van der Waals surface area contributed by atoms with Gasteiger partial charge in [0.25, 0.3) is 0 Å². The molecule has 0 aliphatic heterocycles. The van der Waals surface area contributed by atoms with Crippen molar-refractivity contribution in [1.29, 1.82) is 0 Å². The largest absolute Gasteiger partial charge is 0.325 e. The Balaban J connectivity index is 1.68. The number of anilines is 2. The number of amides is 2. The van der Waals surface area contributed by atoms with Gasteiger partial charge in [-0.1, -0.05) is 41.1 Å². The van der Waals surface area contributed by atoms with Crippen molar-refractivity contribution in [3.63, 3.8) is 0 Å². The fourth-order valence-corrected chi connectivity index (χ4v) is 2.97. The third kappa shape index (κ3) is 3.51. The van der Waals surface area contributed by atoms with Gasteiger partial charge in [0.15, 0.2) is 0 Å². The van der Waals surface area contributed by atoms with Crippen LogP contribution in [0, 0.1) is 5.41 Å². The van der Waals surface area contributed by atoms with E-state index in [2.05, 4.69) is 33.5 Å². The average Bonchev–Trinajstić information content (AvgIpc) is 3.37. The topological polar surface area (TPSA) is 58.2 Å². The summed E-state index contributed by atoms with van der Waals surface area (Å²) in [4.78, 5) is 25.1. The highest BCUT2D eigenvalue weighted by molar-refractivity contribution is 9.10. The Bertz CT molecular complexity index is 767. The number of aryl methyl sites for hydroxylation is 1. The van der Waals surface area contributed by atoms with Crippen molar-refractivity contribution < 1.29 is 9.59 Å². The van der Waals surface area contributed by atoms with Crippen molar-refractivity contribution in [1.82, 2.24) is 0 Å². The minimum absolute atomic E-state index is 0.237. The molecule has 0 bridgehead atoms. The van der Waals surface area contributed by atoms with Gasteiger partial charge in [0.2, 0.25) is 11.8 Å². The Kier molecular flexibility index (Phi) is 4.71. The third-order valence-corrected chi connectivity index (χ3v) is 4.82. The third-order valence-electron chi connectivity index (χ3n) is 4.32. The van der Waals surface area contributed by atoms with Gasteiger partial charge in [0.05, 0.1) is 0 Å². The maximum absolute atomic E-state index is 12.6. The summed E-state index contributed by atoms with van der Waals surface area (Å²) in [5, 5.41) is 5.71. The van der Waals surface area contributed by atoms with Gasteiger partial charge in [-0.3, -0.25) is 9.59 Å². The molecule has 0 saturated heterocycles. The molecule has 2 amide bonds. The fourth-order valence-electron chi connectivity index (χ4n) is 2.57. The zero-order valence-corrected chi connectivity index (χ0v) is 15.0. The lowest BCUT2D eigenvalue weighted by atomic mass is 10.0. The quantitative estimate of drug-likeness (QED) is 0.749. The van der Waals surface area contributed by atoms with E-state index in [1.807, 2.05) is 42.5 Å². The van der Waals surface area contributed by atoms with Gasteiger partial charge in [-0.25, -0.2) is 0 Å². The second-order valence-corrected chi connectivity index (χ2v) is 6.97. The van der Waals surface area contributed by atoms with Crippen LogP contribution in [-0.4, -0.2) is 11.8 Å². The monoisotopic (exact) mass is 386 g/mol. The molecular weight excluding hydrogens is 368 g/mol. The summed E-state index contributed by atoms with van der Waals surface area (Å²) in [6, 6.07) is 15.1. The molecule has 1 aliphatic carbocycles. The normalized spacial score (nSPS) is 14.8. The van der Waals surface area contributed by atoms with E-state index in [0.29, 0.717) is 18.5 Å². The first-order valence-corrected chi connectivity index (χ1v) is 8.80. The lowest BCUT2D eigenvalue weighted by molar-refractivity contribution is -0.131. The average molecular weight is 387 g/mol. The lowest BCUT2D eigenvalue weighted by Crippen LogP contribution is -2.35. The number of hydrogen-bond donors (Lipinski definition) is 2. The van der Waals surface area contributed by atoms with E-state index in [-0.39, 0.29) is 11.8 Å². The molecule has 0 spiro atoms. The van der Waals surface area contributed by atoms with Crippen molar-refractivity contribution in [3.8, 4) is 0 Å². The van der Waals surface area contributed by atoms with Crippen molar-refractivity contribution in [2.45, 2.75) is 26.2 Å². The Morgan fingerprint density at radius 1 is 1.00 bits per heavy atom. The molecule has 0 radical (unpaired) electrons. The smallest absolute Gasteiger partial charge is 0.240 e. The summed E-state index contributed by atoms with van der Waals surface area (Å²) in [7, 11) is 0. The SMILES string of the molecule is CCc1ccc(NC(=O)C2(C(=O)Nc3cccc(Br)c3)CC2)cc1. The molecule has 124 valence electrons. The van der Waals surface area contributed by atoms with Crippen molar-refractivity contribution >= 4 is 39.1 Å². The van der Waals surface area contributed by atoms with E-state index in [1.54, 1.807) is 6.07 Å². The maximum Gasteiger partial charge on any atom is 0.240 e. The number of rotatable bonds is 5. The first-order valence-electron chi connectivity index (χ1n) is 8.01. The molecule has 0 aromatic heterocycles. The van der Waals surface area contributed by atoms with E-state index in [4.69, 9.17) is 0 Å². The van der Waals surface area contributed by atoms with Crippen LogP contribution in [0.1, 0.15) is 25.3 Å². The van der Waals surface area contributed by atoms with Gasteiger partial charge in [-0.2, -0.15) is 0 Å². The molecular formula is C19H19BrN2O2. The second kappa shape index (κ2) is 6.77. The van der Waals surface area contributed by atoms with Gasteiger partial charge < -0.3 is 10.6 Å². The predicted molar refractivity (Wildman–Crippen MR) is 98.9 cm³/mol. The van der Waals surface area contributed by atoms with Gasteiger partial charge in [-0.15, -0.1) is 0 Å². The molecule has 0 heterocycles. The first-order chi connectivity index (χ1) is 11.5. The highest BCUT2D eigenvalue weighted by Crippen LogP contribution is 2.47. The van der Waals surface area contributed by atoms with E-state index >= 15 is 0 Å². The Hall–Kier alpha value is -2.14. The van der Waals surface area contributed by atoms with E-state index < -0.39 is 5.41 Å². The number of hydrogen-bond acceptors (Lipinski definition) is 2. The van der Waals surface area contributed by atoms with Crippen molar-refractivity contribution in [3.05, 3.63) is 58.6 Å². The minimum Gasteiger partial charge on any atom is -0.325 e. The standard InChI is InChI=1S/C19H19BrN2O2/c1-2-13-6-8-15(9-7-13)21-17(23)19(10-11-19)18(24)22-16-5-3-4-14(20)12-16/h3-9,12H,2,10-11H2,1H3,(H,21,23)(H,22,24). The predicted octanol–water partition coefficient (Wildman–Crippen LogP) is 4.37. The Morgan fingerprint density at radius 2 is 1.62 bits per heavy atom. The molecule has 2 aromatic rings. The van der Waals surface area contributed by atoms with Crippen LogP contribution in [0.3, 0.4) is 0 Å². The number of halogens is 1. The van der Waals surface area contributed by atoms with Crippen LogP contribution in [0.25, 0.3) is 0 Å². The van der Waals surface area contributed by atoms with Gasteiger partial charge >= 0.3 is 0 Å². The number of carbonyl (C=O) groups is 2. The highest BCUT2D eigenvalue weighted by atomic mass is 79.9. The van der Waals surface area contributed by atoms with Crippen molar-refractivity contribution in [2.75, 3.05) is 10.6 Å². The molecule has 2 N–H and O–H groups in total. The lowest BCUT2D eigenvalue weighted by Gasteiger charge is -2.16. The zero-order chi connectivity index (χ0) is 17.2. The van der Waals surface area contributed by atoms with Gasteiger partial charge in [0.1, 0.15) is 5.41 Å². The number of benzene rings is 2. The zero-order valence-electron chi connectivity index (χ0n) is 13.4. The van der Waals surface area contributed by atoms with Crippen LogP contribution >= 0.6 is 15.9 Å². The molecule has 3 rings (SSSR count). The fraction of sp³-hybridized carbons (Fsp3) is 0.263. The van der Waals surface area contributed by atoms with Crippen LogP contribution in [0.15, 0.2) is 53.0 Å². The van der Waals surface area contributed by atoms with Crippen LogP contribution in [0.5, 0.6) is 0 Å². The number of carbonyl (C=O) groups excluding carboxylic acids is 2. The molecule has 2 aromatic carbocycles. The Labute approximate surface area is 149 Å². The van der Waals surface area contributed by atoms with Gasteiger partial charge in [-0.05, 0) is 55.2 Å². The van der Waals surface area contributed by atoms with Crippen LogP contribution in [0.4, 0.5) is 11.4 Å². The molecule has 1 fully saturated rings. The van der Waals surface area contributed by atoms with E-state index in [1.165, 1.54) is 5.56 Å². The molecule has 4 nitrogen and oxygen atoms in total. The summed E-state index contributed by atoms with van der Waals surface area (Å²) in [5.74, 6) is -0.484. The van der Waals surface area contributed by atoms with Crippen LogP contribution < -0.4 is 10.6 Å². The molecule has 24 heavy (non-hydrogen) atoms. The summed E-state index contributed by atoms with van der Waals surface area (Å²) in [6.07, 6.45) is 2.10. The summed E-state index contributed by atoms with van der Waals surface area (Å²) in [5.41, 5.74) is 1.66. The molecule has 0 unspecified atom stereocenters. The van der Waals surface area contributed by atoms with Crippen LogP contribution in [-0.2, 0) is 16.0 Å². The molecule has 1 aliphatic rings. The van der Waals surface area contributed by atoms with E-state index in [9.17, 15) is 9.59 Å². The molecule has 0 atom stereocenters. The maximum atomic E-state index is 12.6.